The van der Waals surface area contributed by atoms with E-state index in [4.69, 9.17) is 14.4 Å². The van der Waals surface area contributed by atoms with E-state index < -0.39 is 11.9 Å². The van der Waals surface area contributed by atoms with Crippen LogP contribution in [0.5, 0.6) is 0 Å². The first-order chi connectivity index (χ1) is 7.19. The number of hydrogen-bond donors (Lipinski definition) is 2. The molecule has 0 saturated carbocycles. The van der Waals surface area contributed by atoms with Crippen LogP contribution in [-0.2, 0) is 4.74 Å². The van der Waals surface area contributed by atoms with Crippen LogP contribution in [0.2, 0.25) is 0 Å². The number of nitrogens with zero attached hydrogens (tertiary/aromatic N) is 1. The van der Waals surface area contributed by atoms with Gasteiger partial charge in [0.2, 0.25) is 5.76 Å². The van der Waals surface area contributed by atoms with Gasteiger partial charge in [0.25, 0.3) is 5.91 Å². The van der Waals surface area contributed by atoms with Crippen LogP contribution >= 0.6 is 0 Å². The van der Waals surface area contributed by atoms with Gasteiger partial charge in [0.1, 0.15) is 0 Å². The maximum Gasteiger partial charge on any atom is 0.290 e. The van der Waals surface area contributed by atoms with Gasteiger partial charge in [-0.3, -0.25) is 4.79 Å². The van der Waals surface area contributed by atoms with Gasteiger partial charge >= 0.3 is 0 Å². The molecule has 0 aromatic carbocycles. The van der Waals surface area contributed by atoms with Crippen molar-refractivity contribution in [2.24, 2.45) is 0 Å². The third-order valence-corrected chi connectivity index (χ3v) is 1.88. The molecule has 2 N–H and O–H groups in total. The second kappa shape index (κ2) is 5.47. The molecule has 0 aliphatic carbocycles. The Bertz CT molecular complexity index is 324. The average molecular weight is 214 g/mol. The van der Waals surface area contributed by atoms with E-state index in [1.807, 2.05) is 0 Å². The van der Waals surface area contributed by atoms with Gasteiger partial charge in [0.15, 0.2) is 0 Å². The van der Waals surface area contributed by atoms with Crippen LogP contribution in [0, 0.1) is 6.92 Å². The molecule has 1 rings (SSSR count). The van der Waals surface area contributed by atoms with Crippen LogP contribution in [0.3, 0.4) is 0 Å². The normalized spacial score (nSPS) is 12.5. The zero-order valence-corrected chi connectivity index (χ0v) is 8.69. The predicted molar refractivity (Wildman–Crippen MR) is 51.5 cm³/mol. The molecule has 0 bridgehead atoms. The molecule has 6 nitrogen and oxygen atoms in total. The second-order valence-electron chi connectivity index (χ2n) is 3.15. The number of nitrogens with one attached hydrogen (secondary N) is 1. The summed E-state index contributed by atoms with van der Waals surface area (Å²) in [5, 5.41) is 15.0. The number of methoxy groups -OCH3 is 1. The molecular formula is C9H14N2O4. The van der Waals surface area contributed by atoms with Crippen molar-refractivity contribution < 1.29 is 19.2 Å². The number of ether oxygens (including phenoxy) is 1. The van der Waals surface area contributed by atoms with E-state index in [0.29, 0.717) is 5.56 Å². The summed E-state index contributed by atoms with van der Waals surface area (Å²) in [6, 6.07) is -0.438. The first-order valence-electron chi connectivity index (χ1n) is 4.51. The van der Waals surface area contributed by atoms with Crippen molar-refractivity contribution in [3.05, 3.63) is 17.5 Å². The molecule has 1 atom stereocenters. The van der Waals surface area contributed by atoms with Crippen LogP contribution in [0.4, 0.5) is 0 Å². The fraction of sp³-hybridized carbons (Fsp3) is 0.556. The molecule has 0 saturated heterocycles. The maximum atomic E-state index is 11.6. The summed E-state index contributed by atoms with van der Waals surface area (Å²) in [6.07, 6.45) is 1.46. The number of carbonyl (C=O) groups excluding carboxylic acids is 1. The zero-order chi connectivity index (χ0) is 11.3. The lowest BCUT2D eigenvalue weighted by atomic mass is 10.2. The highest BCUT2D eigenvalue weighted by Crippen LogP contribution is 2.05. The number of aliphatic hydroxyl groups excluding tert-OH is 1. The van der Waals surface area contributed by atoms with Crippen LogP contribution in [0.1, 0.15) is 16.1 Å². The summed E-state index contributed by atoms with van der Waals surface area (Å²) in [5.74, 6) is -0.245. The fourth-order valence-corrected chi connectivity index (χ4v) is 1.10. The van der Waals surface area contributed by atoms with Crippen molar-refractivity contribution in [2.75, 3.05) is 20.3 Å². The van der Waals surface area contributed by atoms with Gasteiger partial charge < -0.3 is 19.7 Å². The molecule has 0 radical (unpaired) electrons. The molecule has 1 unspecified atom stereocenters. The highest BCUT2D eigenvalue weighted by Gasteiger charge is 2.17. The Kier molecular flexibility index (Phi) is 4.26. The molecule has 1 aromatic heterocycles. The fourth-order valence-electron chi connectivity index (χ4n) is 1.10. The molecule has 1 amide bonds. The van der Waals surface area contributed by atoms with E-state index in [1.165, 1.54) is 13.3 Å². The summed E-state index contributed by atoms with van der Waals surface area (Å²) in [6.45, 7) is 1.78. The molecule has 0 aliphatic heterocycles. The minimum Gasteiger partial charge on any atom is -0.394 e. The molecule has 0 spiro atoms. The van der Waals surface area contributed by atoms with Crippen molar-refractivity contribution in [1.29, 1.82) is 0 Å². The van der Waals surface area contributed by atoms with E-state index in [-0.39, 0.29) is 19.0 Å². The lowest BCUT2D eigenvalue weighted by Gasteiger charge is -2.13. The first-order valence-corrected chi connectivity index (χ1v) is 4.51. The number of carbonyl (C=O) groups is 1. The van der Waals surface area contributed by atoms with Gasteiger partial charge in [-0.05, 0) is 6.92 Å². The topological polar surface area (TPSA) is 84.6 Å². The van der Waals surface area contributed by atoms with Gasteiger partial charge in [-0.1, -0.05) is 5.16 Å². The maximum absolute atomic E-state index is 11.6. The largest absolute Gasteiger partial charge is 0.394 e. The van der Waals surface area contributed by atoms with Gasteiger partial charge in [-0.15, -0.1) is 0 Å². The molecular weight excluding hydrogens is 200 g/mol. The van der Waals surface area contributed by atoms with Crippen molar-refractivity contribution in [2.45, 2.75) is 13.0 Å². The Morgan fingerprint density at radius 2 is 2.53 bits per heavy atom. The van der Waals surface area contributed by atoms with Crippen LogP contribution in [0.25, 0.3) is 0 Å². The monoisotopic (exact) mass is 214 g/mol. The lowest BCUT2D eigenvalue weighted by Crippen LogP contribution is -2.40. The molecule has 1 aromatic rings. The Labute approximate surface area is 87.2 Å². The summed E-state index contributed by atoms with van der Waals surface area (Å²) in [5.41, 5.74) is 0.654. The quantitative estimate of drug-likeness (QED) is 0.704. The highest BCUT2D eigenvalue weighted by molar-refractivity contribution is 5.92. The Morgan fingerprint density at radius 1 is 1.80 bits per heavy atom. The third kappa shape index (κ3) is 3.03. The summed E-state index contributed by atoms with van der Waals surface area (Å²) < 4.78 is 9.59. The zero-order valence-electron chi connectivity index (χ0n) is 8.69. The predicted octanol–water partition coefficient (Wildman–Crippen LogP) is -0.280. The minimum atomic E-state index is -0.438. The van der Waals surface area contributed by atoms with Crippen LogP contribution < -0.4 is 5.32 Å². The van der Waals surface area contributed by atoms with Crippen molar-refractivity contribution in [3.63, 3.8) is 0 Å². The summed E-state index contributed by atoms with van der Waals surface area (Å²) in [7, 11) is 1.49. The molecule has 0 fully saturated rings. The van der Waals surface area contributed by atoms with E-state index in [0.717, 1.165) is 0 Å². The smallest absolute Gasteiger partial charge is 0.290 e. The van der Waals surface area contributed by atoms with Crippen molar-refractivity contribution in [3.8, 4) is 0 Å². The number of aryl methyl sites for hydroxylation is 1. The molecule has 6 heteroatoms. The lowest BCUT2D eigenvalue weighted by molar-refractivity contribution is 0.0805. The van der Waals surface area contributed by atoms with E-state index in [1.54, 1.807) is 6.92 Å². The number of rotatable bonds is 5. The molecule has 84 valence electrons. The molecule has 15 heavy (non-hydrogen) atoms. The van der Waals surface area contributed by atoms with E-state index >= 15 is 0 Å². The average Bonchev–Trinajstić information content (AvgIpc) is 2.63. The van der Waals surface area contributed by atoms with Gasteiger partial charge in [-0.25, -0.2) is 0 Å². The first kappa shape index (κ1) is 11.7. The molecule has 0 aliphatic rings. The number of aromatic nitrogens is 1. The second-order valence-corrected chi connectivity index (χ2v) is 3.15. The Morgan fingerprint density at radius 3 is 3.00 bits per heavy atom. The Balaban J connectivity index is 2.58. The minimum absolute atomic E-state index is 0.157. The van der Waals surface area contributed by atoms with Crippen molar-refractivity contribution in [1.82, 2.24) is 10.5 Å². The SMILES string of the molecule is COCC(CO)NC(=O)c1oncc1C. The number of hydrogen-bond acceptors (Lipinski definition) is 5. The summed E-state index contributed by atoms with van der Waals surface area (Å²) in [4.78, 5) is 11.6. The molecule has 1 heterocycles. The third-order valence-electron chi connectivity index (χ3n) is 1.88. The van der Waals surface area contributed by atoms with Gasteiger partial charge in [0, 0.05) is 12.7 Å². The Hall–Kier alpha value is -1.40. The van der Waals surface area contributed by atoms with E-state index in [9.17, 15) is 4.79 Å². The number of aliphatic hydroxyl groups is 1. The highest BCUT2D eigenvalue weighted by atomic mass is 16.5. The summed E-state index contributed by atoms with van der Waals surface area (Å²) >= 11 is 0. The van der Waals surface area contributed by atoms with Gasteiger partial charge in [-0.2, -0.15) is 0 Å². The number of amides is 1. The van der Waals surface area contributed by atoms with Crippen LogP contribution in [-0.4, -0.2) is 42.5 Å². The van der Waals surface area contributed by atoms with E-state index in [2.05, 4.69) is 10.5 Å². The van der Waals surface area contributed by atoms with Gasteiger partial charge in [0.05, 0.1) is 25.5 Å². The van der Waals surface area contributed by atoms with Crippen LogP contribution in [0.15, 0.2) is 10.7 Å². The standard InChI is InChI=1S/C9H14N2O4/c1-6-3-10-15-8(6)9(13)11-7(4-12)5-14-2/h3,7,12H,4-5H2,1-2H3,(H,11,13). The van der Waals surface area contributed by atoms with Crippen molar-refractivity contribution >= 4 is 5.91 Å².